The van der Waals surface area contributed by atoms with Crippen molar-refractivity contribution in [1.29, 1.82) is 0 Å². The van der Waals surface area contributed by atoms with Gasteiger partial charge in [0.15, 0.2) is 0 Å². The summed E-state index contributed by atoms with van der Waals surface area (Å²) in [6.45, 7) is -1.49. The van der Waals surface area contributed by atoms with E-state index in [0.717, 1.165) is 5.56 Å². The summed E-state index contributed by atoms with van der Waals surface area (Å²) < 4.78 is 60.6. The van der Waals surface area contributed by atoms with E-state index in [9.17, 15) is 17.2 Å². The number of sulfonamides is 1. The van der Waals surface area contributed by atoms with Gasteiger partial charge in [0.05, 0.1) is 10.8 Å². The molecule has 0 saturated carbocycles. The molecule has 0 spiro atoms. The van der Waals surface area contributed by atoms with E-state index >= 15 is 0 Å². The molecule has 4 rings (SSSR count). The van der Waals surface area contributed by atoms with Gasteiger partial charge in [0, 0.05) is 5.56 Å². The van der Waals surface area contributed by atoms with Crippen LogP contribution < -0.4 is 14.6 Å². The van der Waals surface area contributed by atoms with E-state index in [1.807, 2.05) is 30.3 Å². The predicted molar refractivity (Wildman–Crippen MR) is 109 cm³/mol. The van der Waals surface area contributed by atoms with Crippen LogP contribution in [0.1, 0.15) is 35.0 Å². The van der Waals surface area contributed by atoms with E-state index in [1.54, 1.807) is 30.3 Å². The maximum absolute atomic E-state index is 13.0. The van der Waals surface area contributed by atoms with E-state index < -0.39 is 28.0 Å². The maximum Gasteiger partial charge on any atom is 0.387 e. The Bertz CT molecular complexity index is 1180. The maximum atomic E-state index is 13.0. The van der Waals surface area contributed by atoms with Crippen molar-refractivity contribution in [1.82, 2.24) is 0 Å². The summed E-state index contributed by atoms with van der Waals surface area (Å²) >= 11 is 0. The minimum Gasteiger partial charge on any atom is -0.480 e. The molecule has 0 fully saturated rings. The van der Waals surface area contributed by atoms with Crippen LogP contribution in [0.2, 0.25) is 0 Å². The van der Waals surface area contributed by atoms with Gasteiger partial charge < -0.3 is 9.47 Å². The lowest BCUT2D eigenvalue weighted by Crippen LogP contribution is -2.21. The van der Waals surface area contributed by atoms with Crippen LogP contribution in [0.25, 0.3) is 11.1 Å². The third-order valence-corrected chi connectivity index (χ3v) is 6.40. The topological polar surface area (TPSA) is 78.6 Å². The van der Waals surface area contributed by atoms with Crippen LogP contribution in [0.3, 0.4) is 0 Å². The third-order valence-electron chi connectivity index (χ3n) is 5.14. The highest BCUT2D eigenvalue weighted by Gasteiger charge is 2.31. The van der Waals surface area contributed by atoms with Gasteiger partial charge in [-0.25, -0.2) is 13.6 Å². The molecule has 0 saturated heterocycles. The fraction of sp³-hybridized carbons (Fsp3) is 0.182. The molecule has 2 unspecified atom stereocenters. The zero-order valence-corrected chi connectivity index (χ0v) is 16.8. The zero-order valence-electron chi connectivity index (χ0n) is 16.0. The standard InChI is InChI=1S/C22H19F2NO4S/c1-13(30(25,26)27)15-10-11-16-17(12-15)21(14-6-3-2-4-7-14)28-18-8-5-9-19(20(16)18)29-22(23)24/h2-13,21-22H,1H3,(H2,25,26,27). The lowest BCUT2D eigenvalue weighted by molar-refractivity contribution is -0.0496. The SMILES string of the molecule is CC(c1ccc2c(c1)C(c1ccccc1)Oc1cccc(OC(F)F)c1-2)S(N)(=O)=O. The highest BCUT2D eigenvalue weighted by Crippen LogP contribution is 2.49. The molecular formula is C22H19F2NO4S. The molecule has 156 valence electrons. The Morgan fingerprint density at radius 2 is 1.77 bits per heavy atom. The van der Waals surface area contributed by atoms with Crippen molar-refractivity contribution in [2.45, 2.75) is 24.9 Å². The number of primary sulfonamides is 1. The Hall–Kier alpha value is -2.97. The lowest BCUT2D eigenvalue weighted by Gasteiger charge is -2.31. The van der Waals surface area contributed by atoms with Gasteiger partial charge in [0.25, 0.3) is 0 Å². The second-order valence-electron chi connectivity index (χ2n) is 6.99. The van der Waals surface area contributed by atoms with E-state index in [4.69, 9.17) is 14.6 Å². The summed E-state index contributed by atoms with van der Waals surface area (Å²) in [4.78, 5) is 0. The number of ether oxygens (including phenoxy) is 2. The molecule has 5 nitrogen and oxygen atoms in total. The van der Waals surface area contributed by atoms with E-state index in [-0.39, 0.29) is 5.75 Å². The molecule has 2 N–H and O–H groups in total. The molecule has 1 aliphatic rings. The monoisotopic (exact) mass is 431 g/mol. The summed E-state index contributed by atoms with van der Waals surface area (Å²) in [5, 5.41) is 4.39. The summed E-state index contributed by atoms with van der Waals surface area (Å²) in [6, 6.07) is 19.1. The van der Waals surface area contributed by atoms with E-state index in [2.05, 4.69) is 0 Å². The van der Waals surface area contributed by atoms with Gasteiger partial charge in [-0.1, -0.05) is 48.5 Å². The molecule has 2 atom stereocenters. The van der Waals surface area contributed by atoms with Crippen LogP contribution in [-0.2, 0) is 10.0 Å². The molecule has 0 amide bonds. The average molecular weight is 431 g/mol. The molecule has 0 aliphatic carbocycles. The Kier molecular flexibility index (Phi) is 5.21. The van der Waals surface area contributed by atoms with Crippen LogP contribution >= 0.6 is 0 Å². The van der Waals surface area contributed by atoms with Crippen molar-refractivity contribution in [3.63, 3.8) is 0 Å². The molecule has 1 aliphatic heterocycles. The predicted octanol–water partition coefficient (Wildman–Crippen LogP) is 4.79. The molecule has 30 heavy (non-hydrogen) atoms. The normalized spacial score (nSPS) is 16.4. The quantitative estimate of drug-likeness (QED) is 0.630. The summed E-state index contributed by atoms with van der Waals surface area (Å²) in [5.41, 5.74) is 3.00. The number of hydrogen-bond acceptors (Lipinski definition) is 4. The number of benzene rings is 3. The average Bonchev–Trinajstić information content (AvgIpc) is 2.71. The molecule has 0 bridgehead atoms. The molecule has 8 heteroatoms. The first kappa shape index (κ1) is 20.3. The number of fused-ring (bicyclic) bond motifs is 3. The number of halogens is 2. The number of alkyl halides is 2. The van der Waals surface area contributed by atoms with Crippen molar-refractivity contribution in [2.24, 2.45) is 5.14 Å². The van der Waals surface area contributed by atoms with Crippen LogP contribution in [-0.4, -0.2) is 15.0 Å². The minimum absolute atomic E-state index is 0.0116. The van der Waals surface area contributed by atoms with Gasteiger partial charge in [-0.15, -0.1) is 0 Å². The first-order chi connectivity index (χ1) is 14.3. The first-order valence-electron chi connectivity index (χ1n) is 9.21. The van der Waals surface area contributed by atoms with Crippen molar-refractivity contribution in [2.75, 3.05) is 0 Å². The minimum atomic E-state index is -3.81. The van der Waals surface area contributed by atoms with E-state index in [1.165, 1.54) is 13.0 Å². The van der Waals surface area contributed by atoms with Crippen molar-refractivity contribution in [3.8, 4) is 22.6 Å². The summed E-state index contributed by atoms with van der Waals surface area (Å²) in [6.07, 6.45) is -0.553. The van der Waals surface area contributed by atoms with Crippen molar-refractivity contribution >= 4 is 10.0 Å². The third kappa shape index (κ3) is 3.76. The fourth-order valence-electron chi connectivity index (χ4n) is 3.60. The van der Waals surface area contributed by atoms with Crippen LogP contribution in [0, 0.1) is 0 Å². The van der Waals surface area contributed by atoms with Gasteiger partial charge in [-0.3, -0.25) is 0 Å². The van der Waals surface area contributed by atoms with Crippen molar-refractivity contribution in [3.05, 3.63) is 83.4 Å². The fourth-order valence-corrected chi connectivity index (χ4v) is 4.13. The molecule has 3 aromatic carbocycles. The zero-order chi connectivity index (χ0) is 21.5. The summed E-state index contributed by atoms with van der Waals surface area (Å²) in [7, 11) is -3.81. The number of rotatable bonds is 5. The lowest BCUT2D eigenvalue weighted by atomic mass is 9.87. The highest BCUT2D eigenvalue weighted by molar-refractivity contribution is 7.89. The first-order valence-corrected chi connectivity index (χ1v) is 10.8. The van der Waals surface area contributed by atoms with Crippen LogP contribution in [0.15, 0.2) is 66.7 Å². The molecule has 3 aromatic rings. The van der Waals surface area contributed by atoms with Crippen molar-refractivity contribution < 1.29 is 26.7 Å². The molecule has 0 aromatic heterocycles. The van der Waals surface area contributed by atoms with Gasteiger partial charge >= 0.3 is 6.61 Å². The smallest absolute Gasteiger partial charge is 0.387 e. The second kappa shape index (κ2) is 7.70. The largest absolute Gasteiger partial charge is 0.480 e. The van der Waals surface area contributed by atoms with Crippen LogP contribution in [0.5, 0.6) is 11.5 Å². The Balaban J connectivity index is 1.94. The van der Waals surface area contributed by atoms with Gasteiger partial charge in [0.2, 0.25) is 10.0 Å². The summed E-state index contributed by atoms with van der Waals surface area (Å²) in [5.74, 6) is 0.393. The van der Waals surface area contributed by atoms with Gasteiger partial charge in [-0.05, 0) is 41.8 Å². The van der Waals surface area contributed by atoms with Gasteiger partial charge in [-0.2, -0.15) is 8.78 Å². The Morgan fingerprint density at radius 1 is 1.03 bits per heavy atom. The molecule has 0 radical (unpaired) electrons. The number of nitrogens with two attached hydrogens (primary N) is 1. The Labute approximate surface area is 173 Å². The molecular weight excluding hydrogens is 412 g/mol. The van der Waals surface area contributed by atoms with E-state index in [0.29, 0.717) is 28.0 Å². The molecule has 1 heterocycles. The highest BCUT2D eigenvalue weighted by atomic mass is 32.2. The Morgan fingerprint density at radius 3 is 2.43 bits per heavy atom. The second-order valence-corrected chi connectivity index (χ2v) is 8.88. The van der Waals surface area contributed by atoms with Crippen LogP contribution in [0.4, 0.5) is 8.78 Å². The number of hydrogen-bond donors (Lipinski definition) is 1. The van der Waals surface area contributed by atoms with Gasteiger partial charge in [0.1, 0.15) is 17.6 Å².